The zero-order chi connectivity index (χ0) is 18.7. The van der Waals surface area contributed by atoms with Gasteiger partial charge in [-0.25, -0.2) is 4.90 Å². The van der Waals surface area contributed by atoms with Gasteiger partial charge in [-0.2, -0.15) is 13.2 Å². The maximum Gasteiger partial charge on any atom is 0.487 e. The van der Waals surface area contributed by atoms with Crippen molar-refractivity contribution in [2.24, 2.45) is 0 Å². The lowest BCUT2D eigenvalue weighted by Crippen LogP contribution is -2.44. The molecule has 2 nitrogen and oxygen atoms in total. The molecule has 8 heteroatoms. The van der Waals surface area contributed by atoms with Crippen LogP contribution in [0.2, 0.25) is 0 Å². The summed E-state index contributed by atoms with van der Waals surface area (Å²) in [5.74, 6) is -1.21. The Kier molecular flexibility index (Phi) is 5.39. The minimum Gasteiger partial charge on any atom is -0.269 e. The summed E-state index contributed by atoms with van der Waals surface area (Å²) in [6.45, 7) is -0.692. The highest BCUT2D eigenvalue weighted by Gasteiger charge is 2.41. The predicted octanol–water partition coefficient (Wildman–Crippen LogP) is 4.91. The molecule has 0 unspecified atom stereocenters. The standard InChI is InChI=1S/C17H13F6NO/c18-16(19,20)14-8-6-12(7-9-14)10-11-24(17(21,22)23)15(25)13-4-2-1-3-5-13/h1-9H,10-11H2. The first-order valence-corrected chi connectivity index (χ1v) is 7.19. The number of hydrogen-bond acceptors (Lipinski definition) is 1. The van der Waals surface area contributed by atoms with E-state index in [1.165, 1.54) is 24.3 Å². The second kappa shape index (κ2) is 7.16. The van der Waals surface area contributed by atoms with Crippen LogP contribution in [-0.2, 0) is 12.6 Å². The van der Waals surface area contributed by atoms with Gasteiger partial charge >= 0.3 is 12.5 Å². The molecule has 2 aromatic rings. The number of nitrogens with zero attached hydrogens (tertiary/aromatic N) is 1. The van der Waals surface area contributed by atoms with Gasteiger partial charge < -0.3 is 0 Å². The van der Waals surface area contributed by atoms with E-state index in [0.717, 1.165) is 24.3 Å². The van der Waals surface area contributed by atoms with E-state index in [9.17, 15) is 31.1 Å². The predicted molar refractivity (Wildman–Crippen MR) is 78.7 cm³/mol. The molecule has 0 aliphatic carbocycles. The van der Waals surface area contributed by atoms with Crippen LogP contribution in [0.4, 0.5) is 26.3 Å². The second-order valence-electron chi connectivity index (χ2n) is 5.24. The Hall–Kier alpha value is -2.51. The first-order valence-electron chi connectivity index (χ1n) is 7.19. The Balaban J connectivity index is 2.12. The molecule has 0 heterocycles. The average Bonchev–Trinajstić information content (AvgIpc) is 2.54. The molecule has 0 aliphatic heterocycles. The molecular formula is C17H13F6NO. The van der Waals surface area contributed by atoms with E-state index in [-0.39, 0.29) is 22.4 Å². The van der Waals surface area contributed by atoms with Gasteiger partial charge in [-0.15, -0.1) is 13.2 Å². The van der Waals surface area contributed by atoms with E-state index in [2.05, 4.69) is 0 Å². The van der Waals surface area contributed by atoms with Gasteiger partial charge in [0, 0.05) is 12.1 Å². The fourth-order valence-corrected chi connectivity index (χ4v) is 2.18. The zero-order valence-electron chi connectivity index (χ0n) is 12.7. The summed E-state index contributed by atoms with van der Waals surface area (Å²) < 4.78 is 76.9. The molecule has 25 heavy (non-hydrogen) atoms. The third kappa shape index (κ3) is 4.98. The number of benzene rings is 2. The highest BCUT2D eigenvalue weighted by Crippen LogP contribution is 2.29. The number of carbonyl (C=O) groups is 1. The molecule has 1 amide bonds. The van der Waals surface area contributed by atoms with Crippen LogP contribution in [0.5, 0.6) is 0 Å². The van der Waals surface area contributed by atoms with E-state index in [1.54, 1.807) is 6.07 Å². The number of hydrogen-bond donors (Lipinski definition) is 0. The number of amides is 1. The SMILES string of the molecule is O=C(c1ccccc1)N(CCc1ccc(C(F)(F)F)cc1)C(F)(F)F. The molecular weight excluding hydrogens is 348 g/mol. The van der Waals surface area contributed by atoms with Crippen molar-refractivity contribution in [1.29, 1.82) is 0 Å². The molecule has 0 fully saturated rings. The zero-order valence-corrected chi connectivity index (χ0v) is 12.7. The Morgan fingerprint density at radius 3 is 1.88 bits per heavy atom. The quantitative estimate of drug-likeness (QED) is 0.560. The molecule has 0 N–H and O–H groups in total. The number of halogens is 6. The Labute approximate surface area is 139 Å². The van der Waals surface area contributed by atoms with Gasteiger partial charge in [0.15, 0.2) is 0 Å². The first-order chi connectivity index (χ1) is 11.6. The Morgan fingerprint density at radius 1 is 0.840 bits per heavy atom. The normalized spacial score (nSPS) is 12.1. The molecule has 2 rings (SSSR count). The Morgan fingerprint density at radius 2 is 1.40 bits per heavy atom. The van der Waals surface area contributed by atoms with Crippen LogP contribution in [0.1, 0.15) is 21.5 Å². The molecule has 0 bridgehead atoms. The van der Waals surface area contributed by atoms with E-state index in [4.69, 9.17) is 0 Å². The monoisotopic (exact) mass is 361 g/mol. The molecule has 0 saturated carbocycles. The fraction of sp³-hybridized carbons (Fsp3) is 0.235. The lowest BCUT2D eigenvalue weighted by atomic mass is 10.1. The molecule has 0 saturated heterocycles. The van der Waals surface area contributed by atoms with Crippen LogP contribution >= 0.6 is 0 Å². The van der Waals surface area contributed by atoms with Crippen LogP contribution in [-0.4, -0.2) is 23.7 Å². The molecule has 0 aliphatic rings. The van der Waals surface area contributed by atoms with Crippen molar-refractivity contribution in [2.75, 3.05) is 6.54 Å². The molecule has 2 aromatic carbocycles. The highest BCUT2D eigenvalue weighted by atomic mass is 19.4. The summed E-state index contributed by atoms with van der Waals surface area (Å²) in [5, 5.41) is 0. The highest BCUT2D eigenvalue weighted by molar-refractivity contribution is 5.94. The summed E-state index contributed by atoms with van der Waals surface area (Å²) in [4.78, 5) is 11.8. The average molecular weight is 361 g/mol. The van der Waals surface area contributed by atoms with Crippen LogP contribution in [0, 0.1) is 0 Å². The Bertz CT molecular complexity index is 707. The summed E-state index contributed by atoms with van der Waals surface area (Å²) in [5.41, 5.74) is -0.736. The summed E-state index contributed by atoms with van der Waals surface area (Å²) >= 11 is 0. The van der Waals surface area contributed by atoms with Crippen LogP contribution in [0.3, 0.4) is 0 Å². The van der Waals surface area contributed by atoms with Gasteiger partial charge in [0.05, 0.1) is 5.56 Å². The molecule has 0 spiro atoms. The third-order valence-electron chi connectivity index (χ3n) is 3.48. The maximum absolute atomic E-state index is 13.1. The van der Waals surface area contributed by atoms with Gasteiger partial charge in [0.2, 0.25) is 0 Å². The number of rotatable bonds is 4. The van der Waals surface area contributed by atoms with E-state index in [0.29, 0.717) is 0 Å². The van der Waals surface area contributed by atoms with E-state index in [1.807, 2.05) is 0 Å². The van der Waals surface area contributed by atoms with Crippen molar-refractivity contribution in [2.45, 2.75) is 18.9 Å². The van der Waals surface area contributed by atoms with Crippen molar-refractivity contribution >= 4 is 5.91 Å². The van der Waals surface area contributed by atoms with Crippen molar-refractivity contribution in [3.63, 3.8) is 0 Å². The van der Waals surface area contributed by atoms with Gasteiger partial charge in [0.1, 0.15) is 0 Å². The fourth-order valence-electron chi connectivity index (χ4n) is 2.18. The summed E-state index contributed by atoms with van der Waals surface area (Å²) in [6.07, 6.45) is -9.63. The van der Waals surface area contributed by atoms with Crippen LogP contribution in [0.15, 0.2) is 54.6 Å². The molecule has 0 radical (unpaired) electrons. The van der Waals surface area contributed by atoms with Crippen molar-refractivity contribution < 1.29 is 31.1 Å². The molecule has 134 valence electrons. The third-order valence-corrected chi connectivity index (χ3v) is 3.48. The van der Waals surface area contributed by atoms with Gasteiger partial charge in [-0.1, -0.05) is 30.3 Å². The lowest BCUT2D eigenvalue weighted by Gasteiger charge is -2.25. The van der Waals surface area contributed by atoms with E-state index >= 15 is 0 Å². The lowest BCUT2D eigenvalue weighted by molar-refractivity contribution is -0.224. The van der Waals surface area contributed by atoms with Crippen LogP contribution in [0.25, 0.3) is 0 Å². The smallest absolute Gasteiger partial charge is 0.269 e. The van der Waals surface area contributed by atoms with Gasteiger partial charge in [0.25, 0.3) is 5.91 Å². The first kappa shape index (κ1) is 18.8. The van der Waals surface area contributed by atoms with Gasteiger partial charge in [-0.05, 0) is 36.2 Å². The van der Waals surface area contributed by atoms with Gasteiger partial charge in [-0.3, -0.25) is 4.79 Å². The summed E-state index contributed by atoms with van der Waals surface area (Å²) in [7, 11) is 0. The van der Waals surface area contributed by atoms with Crippen molar-refractivity contribution in [3.05, 3.63) is 71.3 Å². The van der Waals surface area contributed by atoms with Crippen LogP contribution < -0.4 is 0 Å². The minimum absolute atomic E-state index is 0.118. The molecule has 0 aromatic heterocycles. The molecule has 0 atom stereocenters. The minimum atomic E-state index is -4.89. The summed E-state index contributed by atoms with van der Waals surface area (Å²) in [6, 6.07) is 10.8. The number of carbonyl (C=O) groups excluding carboxylic acids is 1. The second-order valence-corrected chi connectivity index (χ2v) is 5.24. The number of alkyl halides is 6. The van der Waals surface area contributed by atoms with Crippen molar-refractivity contribution in [1.82, 2.24) is 4.90 Å². The van der Waals surface area contributed by atoms with E-state index < -0.39 is 30.5 Å². The largest absolute Gasteiger partial charge is 0.487 e. The topological polar surface area (TPSA) is 20.3 Å². The van der Waals surface area contributed by atoms with Crippen molar-refractivity contribution in [3.8, 4) is 0 Å². The maximum atomic E-state index is 13.1.